The normalized spacial score (nSPS) is 20.2. The van der Waals surface area contributed by atoms with E-state index in [4.69, 9.17) is 12.2 Å². The average molecular weight is 399 g/mol. The van der Waals surface area contributed by atoms with Crippen LogP contribution in [0.1, 0.15) is 23.5 Å². The molecule has 2 aromatic heterocycles. The molecule has 4 nitrogen and oxygen atoms in total. The quantitative estimate of drug-likeness (QED) is 0.643. The number of rotatable bonds is 3. The van der Waals surface area contributed by atoms with Gasteiger partial charge in [-0.1, -0.05) is 22.0 Å². The fourth-order valence-electron chi connectivity index (χ4n) is 3.08. The molecule has 1 aliphatic rings. The Balaban J connectivity index is 1.80. The molecule has 120 valence electrons. The monoisotopic (exact) mass is 398 g/mol. The number of hydrogen-bond donors (Lipinski definition) is 2. The molecule has 0 radical (unpaired) electrons. The summed E-state index contributed by atoms with van der Waals surface area (Å²) in [5.74, 6) is 0. The molecule has 0 aliphatic carbocycles. The van der Waals surface area contributed by atoms with Crippen molar-refractivity contribution in [1.29, 1.82) is 0 Å². The van der Waals surface area contributed by atoms with Crippen LogP contribution in [0, 0.1) is 0 Å². The van der Waals surface area contributed by atoms with Gasteiger partial charge >= 0.3 is 0 Å². The molecule has 2 atom stereocenters. The van der Waals surface area contributed by atoms with Crippen LogP contribution in [-0.2, 0) is 0 Å². The second-order valence-corrected chi connectivity index (χ2v) is 6.90. The summed E-state index contributed by atoms with van der Waals surface area (Å²) in [5, 5.41) is 4.14. The van der Waals surface area contributed by atoms with Crippen LogP contribution >= 0.6 is 28.1 Å². The number of hydrogen-bond acceptors (Lipinski definition) is 2. The lowest BCUT2D eigenvalue weighted by Crippen LogP contribution is -2.29. The van der Waals surface area contributed by atoms with E-state index in [9.17, 15) is 0 Å². The van der Waals surface area contributed by atoms with Gasteiger partial charge in [0.05, 0.1) is 11.7 Å². The lowest BCUT2D eigenvalue weighted by Gasteiger charge is -2.27. The number of H-pyrrole nitrogens is 1. The number of anilines is 1. The molecule has 3 aromatic rings. The maximum atomic E-state index is 5.64. The first-order valence-corrected chi connectivity index (χ1v) is 8.83. The molecule has 0 spiro atoms. The summed E-state index contributed by atoms with van der Waals surface area (Å²) in [6.45, 7) is 0. The number of aromatic nitrogens is 2. The first kappa shape index (κ1) is 15.4. The number of nitrogens with one attached hydrogen (secondary N) is 2. The zero-order valence-electron chi connectivity index (χ0n) is 12.7. The summed E-state index contributed by atoms with van der Waals surface area (Å²) < 4.78 is 1.04. The van der Waals surface area contributed by atoms with E-state index < -0.39 is 0 Å². The van der Waals surface area contributed by atoms with Crippen LogP contribution in [0.4, 0.5) is 5.69 Å². The van der Waals surface area contributed by atoms with Crippen LogP contribution in [0.3, 0.4) is 0 Å². The van der Waals surface area contributed by atoms with Gasteiger partial charge in [-0.2, -0.15) is 0 Å². The molecule has 0 amide bonds. The van der Waals surface area contributed by atoms with Gasteiger partial charge in [0.1, 0.15) is 6.04 Å². The highest BCUT2D eigenvalue weighted by Crippen LogP contribution is 2.40. The standard InChI is InChI=1S/C18H15BrN4S/c19-12-6-8-13(9-7-12)23-17(15-5-3-11-21-15)16(22-18(23)24)14-4-1-2-10-20-14/h1-11,16-17,21H,(H,22,24)/t16-,17-/m0/s1. The minimum Gasteiger partial charge on any atom is -0.363 e. The molecule has 1 saturated heterocycles. The highest BCUT2D eigenvalue weighted by molar-refractivity contribution is 9.10. The van der Waals surface area contributed by atoms with Gasteiger partial charge in [0.15, 0.2) is 5.11 Å². The zero-order chi connectivity index (χ0) is 16.5. The van der Waals surface area contributed by atoms with E-state index >= 15 is 0 Å². The van der Waals surface area contributed by atoms with E-state index in [-0.39, 0.29) is 12.1 Å². The maximum Gasteiger partial charge on any atom is 0.174 e. The molecular formula is C18H15BrN4S. The number of pyridine rings is 1. The molecule has 0 saturated carbocycles. The van der Waals surface area contributed by atoms with Gasteiger partial charge in [0, 0.05) is 28.2 Å². The van der Waals surface area contributed by atoms with Crippen molar-refractivity contribution >= 4 is 38.9 Å². The summed E-state index contributed by atoms with van der Waals surface area (Å²) in [6, 6.07) is 18.2. The maximum absolute atomic E-state index is 5.64. The second kappa shape index (κ2) is 6.37. The van der Waals surface area contributed by atoms with Crippen LogP contribution in [0.15, 0.2) is 71.5 Å². The third-order valence-corrected chi connectivity index (χ3v) is 4.99. The van der Waals surface area contributed by atoms with E-state index in [0.717, 1.165) is 21.5 Å². The van der Waals surface area contributed by atoms with Crippen molar-refractivity contribution in [3.63, 3.8) is 0 Å². The van der Waals surface area contributed by atoms with E-state index in [2.05, 4.69) is 54.3 Å². The SMILES string of the molecule is S=C1N[C@@H](c2ccccn2)[C@H](c2ccc[nH]2)N1c1ccc(Br)cc1. The van der Waals surface area contributed by atoms with Crippen LogP contribution in [0.25, 0.3) is 0 Å². The first-order valence-electron chi connectivity index (χ1n) is 7.63. The highest BCUT2D eigenvalue weighted by atomic mass is 79.9. The molecule has 24 heavy (non-hydrogen) atoms. The van der Waals surface area contributed by atoms with E-state index in [1.54, 1.807) is 0 Å². The Morgan fingerprint density at radius 1 is 1.04 bits per heavy atom. The Bertz CT molecular complexity index is 833. The molecular weight excluding hydrogens is 384 g/mol. The molecule has 0 unspecified atom stereocenters. The van der Waals surface area contributed by atoms with Crippen molar-refractivity contribution in [3.8, 4) is 0 Å². The smallest absolute Gasteiger partial charge is 0.174 e. The van der Waals surface area contributed by atoms with Crippen molar-refractivity contribution in [2.45, 2.75) is 12.1 Å². The molecule has 3 heterocycles. The number of nitrogens with zero attached hydrogens (tertiary/aromatic N) is 2. The summed E-state index contributed by atoms with van der Waals surface area (Å²) in [4.78, 5) is 10.0. The van der Waals surface area contributed by atoms with Gasteiger partial charge in [-0.05, 0) is 60.7 Å². The summed E-state index contributed by atoms with van der Waals surface area (Å²) >= 11 is 9.13. The Kier molecular flexibility index (Phi) is 4.08. The third-order valence-electron chi connectivity index (χ3n) is 4.14. The lowest BCUT2D eigenvalue weighted by molar-refractivity contribution is 0.558. The Labute approximate surface area is 154 Å². The summed E-state index contributed by atoms with van der Waals surface area (Å²) in [7, 11) is 0. The predicted molar refractivity (Wildman–Crippen MR) is 103 cm³/mol. The topological polar surface area (TPSA) is 44.0 Å². The Hall–Kier alpha value is -2.18. The Morgan fingerprint density at radius 3 is 2.54 bits per heavy atom. The summed E-state index contributed by atoms with van der Waals surface area (Å²) in [5.41, 5.74) is 3.12. The van der Waals surface area contributed by atoms with Gasteiger partial charge in [0.2, 0.25) is 0 Å². The van der Waals surface area contributed by atoms with Gasteiger partial charge in [-0.25, -0.2) is 0 Å². The number of halogens is 1. The number of benzene rings is 1. The van der Waals surface area contributed by atoms with Crippen molar-refractivity contribution in [2.24, 2.45) is 0 Å². The van der Waals surface area contributed by atoms with Crippen molar-refractivity contribution < 1.29 is 0 Å². The van der Waals surface area contributed by atoms with Crippen LogP contribution in [-0.4, -0.2) is 15.1 Å². The fraction of sp³-hybridized carbons (Fsp3) is 0.111. The largest absolute Gasteiger partial charge is 0.363 e. The second-order valence-electron chi connectivity index (χ2n) is 5.60. The lowest BCUT2D eigenvalue weighted by atomic mass is 10.0. The molecule has 4 rings (SSSR count). The van der Waals surface area contributed by atoms with E-state index in [1.165, 1.54) is 0 Å². The molecule has 2 N–H and O–H groups in total. The Morgan fingerprint density at radius 2 is 1.88 bits per heavy atom. The van der Waals surface area contributed by atoms with Crippen LogP contribution in [0.5, 0.6) is 0 Å². The zero-order valence-corrected chi connectivity index (χ0v) is 15.1. The van der Waals surface area contributed by atoms with Gasteiger partial charge < -0.3 is 15.2 Å². The van der Waals surface area contributed by atoms with Crippen molar-refractivity contribution in [1.82, 2.24) is 15.3 Å². The molecule has 1 aromatic carbocycles. The summed E-state index contributed by atoms with van der Waals surface area (Å²) in [6.07, 6.45) is 3.75. The van der Waals surface area contributed by atoms with Gasteiger partial charge in [-0.15, -0.1) is 0 Å². The highest BCUT2D eigenvalue weighted by Gasteiger charge is 2.41. The molecule has 1 aliphatic heterocycles. The fourth-order valence-corrected chi connectivity index (χ4v) is 3.69. The molecule has 1 fully saturated rings. The van der Waals surface area contributed by atoms with Crippen molar-refractivity contribution in [3.05, 3.63) is 82.9 Å². The van der Waals surface area contributed by atoms with Gasteiger partial charge in [0.25, 0.3) is 0 Å². The number of aromatic amines is 1. The average Bonchev–Trinajstić information content (AvgIpc) is 3.24. The van der Waals surface area contributed by atoms with Crippen LogP contribution in [0.2, 0.25) is 0 Å². The van der Waals surface area contributed by atoms with E-state index in [0.29, 0.717) is 5.11 Å². The van der Waals surface area contributed by atoms with Gasteiger partial charge in [-0.3, -0.25) is 4.98 Å². The van der Waals surface area contributed by atoms with Crippen LogP contribution < -0.4 is 10.2 Å². The molecule has 6 heteroatoms. The van der Waals surface area contributed by atoms with E-state index in [1.807, 2.05) is 48.8 Å². The number of thiocarbonyl (C=S) groups is 1. The predicted octanol–water partition coefficient (Wildman–Crippen LogP) is 4.35. The minimum atomic E-state index is -0.0130. The third kappa shape index (κ3) is 2.72. The minimum absolute atomic E-state index is 0.0130. The molecule has 0 bridgehead atoms. The van der Waals surface area contributed by atoms with Crippen molar-refractivity contribution in [2.75, 3.05) is 4.90 Å². The first-order chi connectivity index (χ1) is 11.7.